The van der Waals surface area contributed by atoms with E-state index >= 15 is 0 Å². The van der Waals surface area contributed by atoms with Crippen LogP contribution in [0.1, 0.15) is 11.1 Å². The Balaban J connectivity index is 0.953. The third kappa shape index (κ3) is 6.55. The molecule has 0 bridgehead atoms. The molecule has 0 aromatic heterocycles. The number of fused-ring (bicyclic) bond motifs is 4. The van der Waals surface area contributed by atoms with E-state index in [1.165, 1.54) is 43.1 Å². The van der Waals surface area contributed by atoms with E-state index in [0.29, 0.717) is 0 Å². The highest BCUT2D eigenvalue weighted by Gasteiger charge is 2.15. The third-order valence-electron chi connectivity index (χ3n) is 10.7. The molecule has 0 aliphatic carbocycles. The molecule has 0 aliphatic heterocycles. The fourth-order valence-corrected chi connectivity index (χ4v) is 7.82. The normalized spacial score (nSPS) is 11.5. The summed E-state index contributed by atoms with van der Waals surface area (Å²) in [6.07, 6.45) is 4.39. The maximum Gasteiger partial charge on any atom is 0.0468 e. The Hall–Kier alpha value is -7.42. The van der Waals surface area contributed by atoms with Gasteiger partial charge in [0.15, 0.2) is 0 Å². The molecule has 0 atom stereocenters. The second-order valence-electron chi connectivity index (χ2n) is 14.3. The average Bonchev–Trinajstić information content (AvgIpc) is 3.26. The minimum Gasteiger partial charge on any atom is -0.310 e. The van der Waals surface area contributed by atoms with Gasteiger partial charge < -0.3 is 9.80 Å². The molecule has 0 amide bonds. The predicted molar refractivity (Wildman–Crippen MR) is 241 cm³/mol. The van der Waals surface area contributed by atoms with Crippen LogP contribution in [-0.2, 0) is 0 Å². The van der Waals surface area contributed by atoms with Crippen molar-refractivity contribution in [3.8, 4) is 0 Å². The van der Waals surface area contributed by atoms with Crippen LogP contribution in [0.3, 0.4) is 0 Å². The first-order chi connectivity index (χ1) is 27.7. The molecule has 264 valence electrons. The molecule has 2 heteroatoms. The van der Waals surface area contributed by atoms with E-state index in [4.69, 9.17) is 0 Å². The summed E-state index contributed by atoms with van der Waals surface area (Å²) < 4.78 is 0. The first-order valence-electron chi connectivity index (χ1n) is 19.2. The summed E-state index contributed by atoms with van der Waals surface area (Å²) in [5.41, 5.74) is 9.02. The fraction of sp³-hybridized carbons (Fsp3) is 0. The van der Waals surface area contributed by atoms with Crippen molar-refractivity contribution in [3.63, 3.8) is 0 Å². The van der Waals surface area contributed by atoms with Gasteiger partial charge in [-0.2, -0.15) is 0 Å². The van der Waals surface area contributed by atoms with Gasteiger partial charge in [-0.1, -0.05) is 158 Å². The standard InChI is InChI=1S/C54H38N2/c1-5-13-45-35-51(31-23-41(45)9-1)55(52-32-24-42-10-2-6-14-46(42)36-52)49-27-19-39(20-28-49)17-18-40-21-29-50(30-22-40)56(53-33-25-43-11-3-7-15-47(43)37-53)54-34-26-44-12-4-8-16-48(44)38-54/h1-38H/b18-17-. The van der Waals surface area contributed by atoms with Gasteiger partial charge in [0.25, 0.3) is 0 Å². The van der Waals surface area contributed by atoms with Crippen LogP contribution in [0.2, 0.25) is 0 Å². The second kappa shape index (κ2) is 14.4. The third-order valence-corrected chi connectivity index (χ3v) is 10.7. The number of nitrogens with zero attached hydrogens (tertiary/aromatic N) is 2. The number of anilines is 6. The summed E-state index contributed by atoms with van der Waals surface area (Å²) in [5.74, 6) is 0. The van der Waals surface area contributed by atoms with E-state index < -0.39 is 0 Å². The minimum absolute atomic E-state index is 1.11. The van der Waals surface area contributed by atoms with E-state index in [1.807, 2.05) is 0 Å². The largest absolute Gasteiger partial charge is 0.310 e. The van der Waals surface area contributed by atoms with Crippen molar-refractivity contribution in [2.24, 2.45) is 0 Å². The Kier molecular flexibility index (Phi) is 8.55. The maximum absolute atomic E-state index is 2.35. The van der Waals surface area contributed by atoms with Gasteiger partial charge in [-0.05, 0) is 127 Å². The molecule has 0 spiro atoms. The van der Waals surface area contributed by atoms with Gasteiger partial charge >= 0.3 is 0 Å². The van der Waals surface area contributed by atoms with E-state index in [-0.39, 0.29) is 0 Å². The Labute approximate surface area is 327 Å². The van der Waals surface area contributed by atoms with Gasteiger partial charge in [0.2, 0.25) is 0 Å². The Morgan fingerprint density at radius 1 is 0.214 bits per heavy atom. The molecule has 0 unspecified atom stereocenters. The van der Waals surface area contributed by atoms with Gasteiger partial charge in [0.05, 0.1) is 0 Å². The number of hydrogen-bond donors (Lipinski definition) is 0. The average molecular weight is 715 g/mol. The van der Waals surface area contributed by atoms with Crippen molar-refractivity contribution < 1.29 is 0 Å². The zero-order valence-electron chi connectivity index (χ0n) is 30.8. The van der Waals surface area contributed by atoms with Gasteiger partial charge in [-0.15, -0.1) is 0 Å². The molecule has 56 heavy (non-hydrogen) atoms. The number of rotatable bonds is 8. The van der Waals surface area contributed by atoms with Gasteiger partial charge in [-0.25, -0.2) is 0 Å². The summed E-state index contributed by atoms with van der Waals surface area (Å²) in [6.45, 7) is 0. The predicted octanol–water partition coefficient (Wildman–Crippen LogP) is 15.4. The highest BCUT2D eigenvalue weighted by atomic mass is 15.1. The maximum atomic E-state index is 2.35. The molecule has 2 nitrogen and oxygen atoms in total. The number of benzene rings is 10. The summed E-state index contributed by atoms with van der Waals surface area (Å²) in [4.78, 5) is 4.70. The fourth-order valence-electron chi connectivity index (χ4n) is 7.82. The van der Waals surface area contributed by atoms with Crippen LogP contribution < -0.4 is 9.80 Å². The lowest BCUT2D eigenvalue weighted by atomic mass is 10.1. The Morgan fingerprint density at radius 3 is 0.714 bits per heavy atom. The zero-order valence-corrected chi connectivity index (χ0v) is 30.8. The van der Waals surface area contributed by atoms with E-state index in [9.17, 15) is 0 Å². The van der Waals surface area contributed by atoms with Crippen molar-refractivity contribution >= 4 is 89.4 Å². The quantitative estimate of drug-likeness (QED) is 0.145. The van der Waals surface area contributed by atoms with E-state index in [0.717, 1.165) is 45.3 Å². The smallest absolute Gasteiger partial charge is 0.0468 e. The van der Waals surface area contributed by atoms with Crippen LogP contribution >= 0.6 is 0 Å². The number of hydrogen-bond acceptors (Lipinski definition) is 2. The minimum atomic E-state index is 1.11. The molecule has 10 aromatic rings. The lowest BCUT2D eigenvalue weighted by Crippen LogP contribution is -2.10. The first-order valence-corrected chi connectivity index (χ1v) is 19.2. The lowest BCUT2D eigenvalue weighted by Gasteiger charge is -2.26. The van der Waals surface area contributed by atoms with Crippen LogP contribution in [0.5, 0.6) is 0 Å². The summed E-state index contributed by atoms with van der Waals surface area (Å²) in [6, 6.07) is 78.7. The molecule has 0 saturated carbocycles. The molecule has 0 fully saturated rings. The molecule has 10 rings (SSSR count). The van der Waals surface area contributed by atoms with Crippen LogP contribution in [0.25, 0.3) is 55.2 Å². The lowest BCUT2D eigenvalue weighted by molar-refractivity contribution is 1.29. The van der Waals surface area contributed by atoms with Crippen molar-refractivity contribution in [1.29, 1.82) is 0 Å². The molecule has 0 N–H and O–H groups in total. The Morgan fingerprint density at radius 2 is 0.446 bits per heavy atom. The molecule has 0 aliphatic rings. The summed E-state index contributed by atoms with van der Waals surface area (Å²) >= 11 is 0. The SMILES string of the molecule is C(=C/c1ccc(N(c2ccc3ccccc3c2)c2ccc3ccccc3c2)cc1)/c1ccc(N(c2ccc3ccccc3c2)c2ccc3ccccc3c2)cc1. The van der Waals surface area contributed by atoms with Crippen LogP contribution in [0.15, 0.2) is 218 Å². The zero-order chi connectivity index (χ0) is 37.3. The van der Waals surface area contributed by atoms with Crippen molar-refractivity contribution in [2.75, 3.05) is 9.80 Å². The highest BCUT2D eigenvalue weighted by molar-refractivity contribution is 5.94. The van der Waals surface area contributed by atoms with Crippen LogP contribution in [0, 0.1) is 0 Å². The van der Waals surface area contributed by atoms with Gasteiger partial charge in [0, 0.05) is 34.1 Å². The molecule has 10 aromatic carbocycles. The van der Waals surface area contributed by atoms with E-state index in [1.54, 1.807) is 0 Å². The molecule has 0 radical (unpaired) electrons. The molecule has 0 saturated heterocycles. The molecule has 0 heterocycles. The van der Waals surface area contributed by atoms with Crippen molar-refractivity contribution in [1.82, 2.24) is 0 Å². The van der Waals surface area contributed by atoms with Crippen LogP contribution in [0.4, 0.5) is 34.1 Å². The second-order valence-corrected chi connectivity index (χ2v) is 14.3. The van der Waals surface area contributed by atoms with Crippen molar-refractivity contribution in [3.05, 3.63) is 230 Å². The monoisotopic (exact) mass is 714 g/mol. The topological polar surface area (TPSA) is 6.48 Å². The summed E-state index contributed by atoms with van der Waals surface area (Å²) in [7, 11) is 0. The summed E-state index contributed by atoms with van der Waals surface area (Å²) in [5, 5.41) is 9.82. The first kappa shape index (κ1) is 33.2. The van der Waals surface area contributed by atoms with Gasteiger partial charge in [-0.3, -0.25) is 0 Å². The molecular formula is C54H38N2. The highest BCUT2D eigenvalue weighted by Crippen LogP contribution is 2.39. The van der Waals surface area contributed by atoms with Crippen molar-refractivity contribution in [2.45, 2.75) is 0 Å². The molecular weight excluding hydrogens is 677 g/mol. The van der Waals surface area contributed by atoms with E-state index in [2.05, 4.69) is 240 Å². The van der Waals surface area contributed by atoms with Gasteiger partial charge in [0.1, 0.15) is 0 Å². The Bertz CT molecular complexity index is 2670. The van der Waals surface area contributed by atoms with Crippen LogP contribution in [-0.4, -0.2) is 0 Å².